The summed E-state index contributed by atoms with van der Waals surface area (Å²) in [4.78, 5) is 4.49. The van der Waals surface area contributed by atoms with Crippen LogP contribution in [0.1, 0.15) is 11.6 Å². The Bertz CT molecular complexity index is 419. The van der Waals surface area contributed by atoms with Crippen molar-refractivity contribution in [2.24, 2.45) is 0 Å². The number of halogens is 1. The first-order valence-corrected chi connectivity index (χ1v) is 6.16. The van der Waals surface area contributed by atoms with Gasteiger partial charge in [0.25, 0.3) is 0 Å². The first-order valence-electron chi connectivity index (χ1n) is 5.78. The van der Waals surface area contributed by atoms with Crippen molar-refractivity contribution in [2.45, 2.75) is 6.04 Å². The molecule has 3 nitrogen and oxygen atoms in total. The minimum atomic E-state index is -0.178. The SMILES string of the molecule is CN1CCN(C(C#N)c2cccc(Cl)c2)CC1. The molecule has 1 unspecified atom stereocenters. The van der Waals surface area contributed by atoms with E-state index < -0.39 is 0 Å². The molecule has 0 aromatic heterocycles. The van der Waals surface area contributed by atoms with Crippen molar-refractivity contribution in [1.29, 1.82) is 5.26 Å². The predicted molar refractivity (Wildman–Crippen MR) is 68.9 cm³/mol. The molecule has 1 aliphatic rings. The van der Waals surface area contributed by atoms with Crippen LogP contribution in [0.25, 0.3) is 0 Å². The third-order valence-electron chi connectivity index (χ3n) is 3.19. The van der Waals surface area contributed by atoms with Gasteiger partial charge in [0.15, 0.2) is 0 Å². The molecule has 0 radical (unpaired) electrons. The highest BCUT2D eigenvalue weighted by molar-refractivity contribution is 6.30. The van der Waals surface area contributed by atoms with Gasteiger partial charge in [-0.2, -0.15) is 5.26 Å². The van der Waals surface area contributed by atoms with E-state index in [2.05, 4.69) is 22.9 Å². The highest BCUT2D eigenvalue weighted by Crippen LogP contribution is 2.23. The topological polar surface area (TPSA) is 30.3 Å². The highest BCUT2D eigenvalue weighted by Gasteiger charge is 2.23. The number of piperazine rings is 1. The van der Waals surface area contributed by atoms with Crippen molar-refractivity contribution in [3.05, 3.63) is 34.9 Å². The fraction of sp³-hybridized carbons (Fsp3) is 0.462. The zero-order valence-electron chi connectivity index (χ0n) is 9.93. The van der Waals surface area contributed by atoms with E-state index in [1.165, 1.54) is 0 Å². The normalized spacial score (nSPS) is 19.8. The van der Waals surface area contributed by atoms with Gasteiger partial charge < -0.3 is 4.90 Å². The van der Waals surface area contributed by atoms with Crippen LogP contribution in [0.2, 0.25) is 5.02 Å². The molecule has 0 saturated carbocycles. The second-order valence-electron chi connectivity index (χ2n) is 4.43. The van der Waals surface area contributed by atoms with E-state index in [-0.39, 0.29) is 6.04 Å². The van der Waals surface area contributed by atoms with Crippen molar-refractivity contribution in [1.82, 2.24) is 9.80 Å². The fourth-order valence-corrected chi connectivity index (χ4v) is 2.32. The van der Waals surface area contributed by atoms with Gasteiger partial charge in [0, 0.05) is 31.2 Å². The number of hydrogen-bond acceptors (Lipinski definition) is 3. The molecule has 1 aromatic rings. The summed E-state index contributed by atoms with van der Waals surface area (Å²) in [7, 11) is 2.11. The van der Waals surface area contributed by atoms with E-state index in [9.17, 15) is 5.26 Å². The van der Waals surface area contributed by atoms with E-state index in [4.69, 9.17) is 11.6 Å². The Hall–Kier alpha value is -1.08. The van der Waals surface area contributed by atoms with Crippen molar-refractivity contribution in [3.63, 3.8) is 0 Å². The monoisotopic (exact) mass is 249 g/mol. The molecule has 0 N–H and O–H groups in total. The summed E-state index contributed by atoms with van der Waals surface area (Å²) in [5, 5.41) is 10.0. The number of likely N-dealkylation sites (N-methyl/N-ethyl adjacent to an activating group) is 1. The van der Waals surface area contributed by atoms with Crippen LogP contribution in [0, 0.1) is 11.3 Å². The molecule has 1 heterocycles. The van der Waals surface area contributed by atoms with Gasteiger partial charge in [-0.3, -0.25) is 4.90 Å². The molecule has 17 heavy (non-hydrogen) atoms. The smallest absolute Gasteiger partial charge is 0.123 e. The molecule has 1 fully saturated rings. The Labute approximate surface area is 107 Å². The van der Waals surface area contributed by atoms with Crippen LogP contribution in [0.5, 0.6) is 0 Å². The van der Waals surface area contributed by atoms with Gasteiger partial charge >= 0.3 is 0 Å². The van der Waals surface area contributed by atoms with Crippen molar-refractivity contribution < 1.29 is 0 Å². The zero-order chi connectivity index (χ0) is 12.3. The number of nitriles is 1. The maximum Gasteiger partial charge on any atom is 0.123 e. The maximum atomic E-state index is 9.34. The minimum Gasteiger partial charge on any atom is -0.304 e. The molecular formula is C13H16ClN3. The molecule has 1 atom stereocenters. The van der Waals surface area contributed by atoms with Crippen LogP contribution in [-0.4, -0.2) is 43.0 Å². The summed E-state index contributed by atoms with van der Waals surface area (Å²) in [6, 6.07) is 9.79. The van der Waals surface area contributed by atoms with Gasteiger partial charge in [0.2, 0.25) is 0 Å². The van der Waals surface area contributed by atoms with E-state index in [0.29, 0.717) is 5.02 Å². The Morgan fingerprint density at radius 2 is 2.00 bits per heavy atom. The van der Waals surface area contributed by atoms with Crippen LogP contribution in [0.4, 0.5) is 0 Å². The average molecular weight is 250 g/mol. The fourth-order valence-electron chi connectivity index (χ4n) is 2.12. The number of rotatable bonds is 2. The third kappa shape index (κ3) is 2.98. The molecule has 0 aliphatic carbocycles. The van der Waals surface area contributed by atoms with Gasteiger partial charge in [0.1, 0.15) is 6.04 Å². The number of benzene rings is 1. The highest BCUT2D eigenvalue weighted by atomic mass is 35.5. The van der Waals surface area contributed by atoms with Gasteiger partial charge in [-0.25, -0.2) is 0 Å². The van der Waals surface area contributed by atoms with Crippen LogP contribution < -0.4 is 0 Å². The zero-order valence-corrected chi connectivity index (χ0v) is 10.7. The summed E-state index contributed by atoms with van der Waals surface area (Å²) in [6.07, 6.45) is 0. The van der Waals surface area contributed by atoms with E-state index in [1.807, 2.05) is 24.3 Å². The molecule has 90 valence electrons. The first kappa shape index (κ1) is 12.4. The molecule has 0 amide bonds. The lowest BCUT2D eigenvalue weighted by molar-refractivity contribution is 0.133. The molecule has 1 saturated heterocycles. The minimum absolute atomic E-state index is 0.178. The quantitative estimate of drug-likeness (QED) is 0.805. The number of nitrogens with zero attached hydrogens (tertiary/aromatic N) is 3. The maximum absolute atomic E-state index is 9.34. The summed E-state index contributed by atoms with van der Waals surface area (Å²) >= 11 is 5.97. The van der Waals surface area contributed by atoms with Crippen LogP contribution in [-0.2, 0) is 0 Å². The summed E-state index contributed by atoms with van der Waals surface area (Å²) in [5.41, 5.74) is 0.990. The lowest BCUT2D eigenvalue weighted by Gasteiger charge is -2.35. The van der Waals surface area contributed by atoms with Gasteiger partial charge in [-0.1, -0.05) is 23.7 Å². The van der Waals surface area contributed by atoms with Crippen LogP contribution in [0.3, 0.4) is 0 Å². The standard InChI is InChI=1S/C13H16ClN3/c1-16-5-7-17(8-6-16)13(10-15)11-3-2-4-12(14)9-11/h2-4,9,13H,5-8H2,1H3. The Morgan fingerprint density at radius 1 is 1.29 bits per heavy atom. The predicted octanol–water partition coefficient (Wildman–Crippen LogP) is 2.15. The molecule has 1 aliphatic heterocycles. The Kier molecular flexibility index (Phi) is 4.01. The first-order chi connectivity index (χ1) is 8.20. The van der Waals surface area contributed by atoms with E-state index in [0.717, 1.165) is 31.7 Å². The van der Waals surface area contributed by atoms with Crippen molar-refractivity contribution in [2.75, 3.05) is 33.2 Å². The molecule has 2 rings (SSSR count). The van der Waals surface area contributed by atoms with E-state index in [1.54, 1.807) is 0 Å². The summed E-state index contributed by atoms with van der Waals surface area (Å²) in [6.45, 7) is 3.89. The van der Waals surface area contributed by atoms with Gasteiger partial charge in [0.05, 0.1) is 6.07 Å². The lowest BCUT2D eigenvalue weighted by Crippen LogP contribution is -2.45. The van der Waals surface area contributed by atoms with Crippen LogP contribution in [0.15, 0.2) is 24.3 Å². The summed E-state index contributed by atoms with van der Waals surface area (Å²) in [5.74, 6) is 0. The number of hydrogen-bond donors (Lipinski definition) is 0. The second-order valence-corrected chi connectivity index (χ2v) is 4.86. The molecule has 0 spiro atoms. The van der Waals surface area contributed by atoms with Crippen LogP contribution >= 0.6 is 11.6 Å². The second kappa shape index (κ2) is 5.50. The molecule has 4 heteroatoms. The summed E-state index contributed by atoms with van der Waals surface area (Å²) < 4.78 is 0. The van der Waals surface area contributed by atoms with E-state index >= 15 is 0 Å². The third-order valence-corrected chi connectivity index (χ3v) is 3.42. The Morgan fingerprint density at radius 3 is 2.59 bits per heavy atom. The largest absolute Gasteiger partial charge is 0.304 e. The van der Waals surface area contributed by atoms with Gasteiger partial charge in [-0.15, -0.1) is 0 Å². The molecular weight excluding hydrogens is 234 g/mol. The van der Waals surface area contributed by atoms with Crippen molar-refractivity contribution in [3.8, 4) is 6.07 Å². The van der Waals surface area contributed by atoms with Gasteiger partial charge in [-0.05, 0) is 24.7 Å². The molecule has 1 aromatic carbocycles. The van der Waals surface area contributed by atoms with Crippen molar-refractivity contribution >= 4 is 11.6 Å². The molecule has 0 bridgehead atoms. The lowest BCUT2D eigenvalue weighted by atomic mass is 10.1. The average Bonchev–Trinajstić information content (AvgIpc) is 2.33. The Balaban J connectivity index is 2.14.